The van der Waals surface area contributed by atoms with Gasteiger partial charge in [-0.3, -0.25) is 0 Å². The molecule has 2 heterocycles. The van der Waals surface area contributed by atoms with E-state index in [1.807, 2.05) is 6.07 Å². The highest BCUT2D eigenvalue weighted by Gasteiger charge is 2.02. The molecule has 0 aliphatic carbocycles. The Bertz CT molecular complexity index is 321. The minimum Gasteiger partial charge on any atom is -0.445 e. The lowest BCUT2D eigenvalue weighted by molar-refractivity contribution is 0.297. The third-order valence-corrected chi connectivity index (χ3v) is 1.51. The predicted molar refractivity (Wildman–Crippen MR) is 39.1 cm³/mol. The van der Waals surface area contributed by atoms with Crippen molar-refractivity contribution >= 4 is 11.2 Å². The molecule has 4 nitrogen and oxygen atoms in total. The number of rotatable bonds is 2. The molecule has 0 spiro atoms. The van der Waals surface area contributed by atoms with Gasteiger partial charge in [0.25, 0.3) is 0 Å². The van der Waals surface area contributed by atoms with Crippen LogP contribution in [0.25, 0.3) is 11.2 Å². The average molecular weight is 152 g/mol. The van der Waals surface area contributed by atoms with Crippen molar-refractivity contribution in [3.8, 4) is 0 Å². The summed E-state index contributed by atoms with van der Waals surface area (Å²) >= 11 is 0. The fourth-order valence-electron chi connectivity index (χ4n) is 1.01. The molecule has 0 amide bonds. The zero-order valence-electron chi connectivity index (χ0n) is 5.87. The number of aromatic nitrogens is 2. The Balaban J connectivity index is 2.42. The van der Waals surface area contributed by atoms with Crippen LogP contribution < -0.4 is 0 Å². The fraction of sp³-hybridized carbons (Fsp3) is 0.286. The number of hydrogen-bond acceptors (Lipinski definition) is 3. The van der Waals surface area contributed by atoms with E-state index in [1.54, 1.807) is 6.26 Å². The summed E-state index contributed by atoms with van der Waals surface area (Å²) in [7, 11) is 0. The van der Waals surface area contributed by atoms with Crippen LogP contribution in [0.3, 0.4) is 0 Å². The minimum atomic E-state index is 0.107. The summed E-state index contributed by atoms with van der Waals surface area (Å²) < 4.78 is 5.02. The molecule has 0 aliphatic heterocycles. The number of hydrogen-bond donors (Lipinski definition) is 2. The second-order valence-corrected chi connectivity index (χ2v) is 2.30. The maximum Gasteiger partial charge on any atom is 0.244 e. The van der Waals surface area contributed by atoms with Gasteiger partial charge in [0.15, 0.2) is 0 Å². The highest BCUT2D eigenvalue weighted by Crippen LogP contribution is 2.11. The van der Waals surface area contributed by atoms with Gasteiger partial charge >= 0.3 is 0 Å². The topological polar surface area (TPSA) is 62.1 Å². The second-order valence-electron chi connectivity index (χ2n) is 2.30. The van der Waals surface area contributed by atoms with Gasteiger partial charge in [0.1, 0.15) is 11.3 Å². The van der Waals surface area contributed by atoms with Gasteiger partial charge in [-0.25, -0.2) is 0 Å². The molecule has 2 N–H and O–H groups in total. The van der Waals surface area contributed by atoms with Crippen LogP contribution in [0.1, 0.15) is 5.82 Å². The van der Waals surface area contributed by atoms with Gasteiger partial charge in [0.05, 0.1) is 12.9 Å². The van der Waals surface area contributed by atoms with Crippen LogP contribution in [0.5, 0.6) is 0 Å². The number of furan rings is 1. The van der Waals surface area contributed by atoms with Crippen molar-refractivity contribution in [2.75, 3.05) is 6.61 Å². The highest BCUT2D eigenvalue weighted by atomic mass is 16.3. The van der Waals surface area contributed by atoms with Crippen molar-refractivity contribution in [2.24, 2.45) is 0 Å². The number of imidazole rings is 1. The number of fused-ring (bicyclic) bond motifs is 1. The van der Waals surface area contributed by atoms with E-state index in [-0.39, 0.29) is 6.61 Å². The summed E-state index contributed by atoms with van der Waals surface area (Å²) in [6, 6.07) is 1.81. The molecular weight excluding hydrogens is 144 g/mol. The Hall–Kier alpha value is -1.29. The molecule has 0 radical (unpaired) electrons. The van der Waals surface area contributed by atoms with E-state index in [0.717, 1.165) is 11.3 Å². The van der Waals surface area contributed by atoms with Gasteiger partial charge in [-0.1, -0.05) is 0 Å². The van der Waals surface area contributed by atoms with Crippen molar-refractivity contribution in [1.82, 2.24) is 9.97 Å². The number of aromatic amines is 1. The molecule has 0 fully saturated rings. The van der Waals surface area contributed by atoms with Crippen molar-refractivity contribution in [1.29, 1.82) is 0 Å². The lowest BCUT2D eigenvalue weighted by Crippen LogP contribution is -1.91. The summed E-state index contributed by atoms with van der Waals surface area (Å²) in [5, 5.41) is 8.59. The first-order valence-corrected chi connectivity index (χ1v) is 3.43. The maximum atomic E-state index is 8.59. The Kier molecular flexibility index (Phi) is 1.40. The largest absolute Gasteiger partial charge is 0.445 e. The third-order valence-electron chi connectivity index (χ3n) is 1.51. The van der Waals surface area contributed by atoms with E-state index < -0.39 is 0 Å². The fourth-order valence-corrected chi connectivity index (χ4v) is 1.01. The zero-order chi connectivity index (χ0) is 7.68. The molecule has 2 aromatic heterocycles. The molecule has 2 aromatic rings. The van der Waals surface area contributed by atoms with E-state index in [0.29, 0.717) is 12.1 Å². The molecular formula is C7H8N2O2. The molecule has 0 bridgehead atoms. The number of nitrogens with one attached hydrogen (secondary N) is 1. The number of aliphatic hydroxyl groups is 1. The second kappa shape index (κ2) is 2.39. The smallest absolute Gasteiger partial charge is 0.244 e. The SMILES string of the molecule is OCCc1nc2occc2[nH]1. The van der Waals surface area contributed by atoms with E-state index in [4.69, 9.17) is 9.52 Å². The Morgan fingerprint density at radius 2 is 2.55 bits per heavy atom. The van der Waals surface area contributed by atoms with Crippen LogP contribution in [0.2, 0.25) is 0 Å². The minimum absolute atomic E-state index is 0.107. The quantitative estimate of drug-likeness (QED) is 0.665. The lowest BCUT2D eigenvalue weighted by Gasteiger charge is -1.86. The number of H-pyrrole nitrogens is 1. The summed E-state index contributed by atoms with van der Waals surface area (Å²) in [4.78, 5) is 7.09. The number of aliphatic hydroxyl groups excluding tert-OH is 1. The summed E-state index contributed by atoms with van der Waals surface area (Å²) in [6.07, 6.45) is 2.13. The van der Waals surface area contributed by atoms with Crippen molar-refractivity contribution in [3.63, 3.8) is 0 Å². The van der Waals surface area contributed by atoms with E-state index in [1.165, 1.54) is 0 Å². The van der Waals surface area contributed by atoms with Gasteiger partial charge in [0, 0.05) is 12.5 Å². The van der Waals surface area contributed by atoms with E-state index >= 15 is 0 Å². The first kappa shape index (κ1) is 6.42. The van der Waals surface area contributed by atoms with Crippen LogP contribution in [0, 0.1) is 0 Å². The molecule has 2 rings (SSSR count). The van der Waals surface area contributed by atoms with Gasteiger partial charge < -0.3 is 14.5 Å². The van der Waals surface area contributed by atoms with Gasteiger partial charge in [-0.2, -0.15) is 4.98 Å². The summed E-state index contributed by atoms with van der Waals surface area (Å²) in [6.45, 7) is 0.107. The number of nitrogens with zero attached hydrogens (tertiary/aromatic N) is 1. The molecule has 0 saturated carbocycles. The Morgan fingerprint density at radius 3 is 3.27 bits per heavy atom. The summed E-state index contributed by atoms with van der Waals surface area (Å²) in [5.41, 5.74) is 1.49. The molecule has 0 unspecified atom stereocenters. The predicted octanol–water partition coefficient (Wildman–Crippen LogP) is 0.691. The lowest BCUT2D eigenvalue weighted by atomic mass is 10.4. The van der Waals surface area contributed by atoms with Gasteiger partial charge in [-0.15, -0.1) is 0 Å². The van der Waals surface area contributed by atoms with Crippen molar-refractivity contribution in [3.05, 3.63) is 18.2 Å². The van der Waals surface area contributed by atoms with Crippen LogP contribution in [-0.4, -0.2) is 21.7 Å². The molecule has 0 atom stereocenters. The average Bonchev–Trinajstić information content (AvgIpc) is 2.46. The molecule has 0 aromatic carbocycles. The monoisotopic (exact) mass is 152 g/mol. The normalized spacial score (nSPS) is 11.0. The standard InChI is InChI=1S/C7H8N2O2/c10-3-1-6-8-5-2-4-11-7(5)9-6/h2,4,10H,1,3H2,(H,8,9). The Labute approximate surface area is 62.9 Å². The van der Waals surface area contributed by atoms with E-state index in [2.05, 4.69) is 9.97 Å². The zero-order valence-corrected chi connectivity index (χ0v) is 5.87. The van der Waals surface area contributed by atoms with E-state index in [9.17, 15) is 0 Å². The molecule has 11 heavy (non-hydrogen) atoms. The van der Waals surface area contributed by atoms with Crippen molar-refractivity contribution in [2.45, 2.75) is 6.42 Å². The molecule has 58 valence electrons. The Morgan fingerprint density at radius 1 is 1.64 bits per heavy atom. The van der Waals surface area contributed by atoms with Crippen LogP contribution in [0.4, 0.5) is 0 Å². The van der Waals surface area contributed by atoms with Crippen molar-refractivity contribution < 1.29 is 9.52 Å². The first-order chi connectivity index (χ1) is 5.40. The summed E-state index contributed by atoms with van der Waals surface area (Å²) in [5.74, 6) is 0.766. The van der Waals surface area contributed by atoms with Gasteiger partial charge in [0.2, 0.25) is 5.71 Å². The van der Waals surface area contributed by atoms with Crippen LogP contribution in [0.15, 0.2) is 16.7 Å². The molecule has 0 saturated heterocycles. The van der Waals surface area contributed by atoms with Crippen LogP contribution >= 0.6 is 0 Å². The molecule has 4 heteroatoms. The maximum absolute atomic E-state index is 8.59. The van der Waals surface area contributed by atoms with Gasteiger partial charge in [-0.05, 0) is 0 Å². The first-order valence-electron chi connectivity index (χ1n) is 3.43. The molecule has 0 aliphatic rings. The third kappa shape index (κ3) is 1.01. The highest BCUT2D eigenvalue weighted by molar-refractivity contribution is 5.68. The van der Waals surface area contributed by atoms with Crippen LogP contribution in [-0.2, 0) is 6.42 Å².